The molecule has 0 aromatic heterocycles. The smallest absolute Gasteiger partial charge is 0.317 e. The van der Waals surface area contributed by atoms with Gasteiger partial charge in [0.15, 0.2) is 0 Å². The highest BCUT2D eigenvalue weighted by Crippen LogP contribution is 2.32. The number of likely N-dealkylation sites (tertiary alicyclic amines) is 1. The lowest BCUT2D eigenvalue weighted by Gasteiger charge is -2.17. The molecule has 2 amide bonds. The SMILES string of the molecule is COCCOc1ccc(CNC(=O)N2C[C@H]3CC=CC[C@H]3C2)cc1. The second-order valence-corrected chi connectivity index (χ2v) is 6.51. The molecule has 3 rings (SSSR count). The van der Waals surface area contributed by atoms with E-state index in [1.807, 2.05) is 29.2 Å². The van der Waals surface area contributed by atoms with Crippen molar-refractivity contribution >= 4 is 6.03 Å². The summed E-state index contributed by atoms with van der Waals surface area (Å²) >= 11 is 0. The Morgan fingerprint density at radius 1 is 1.12 bits per heavy atom. The molecule has 2 aliphatic rings. The molecule has 1 aromatic rings. The summed E-state index contributed by atoms with van der Waals surface area (Å²) in [5, 5.41) is 3.03. The lowest BCUT2D eigenvalue weighted by molar-refractivity contribution is 0.146. The van der Waals surface area contributed by atoms with Crippen molar-refractivity contribution in [1.29, 1.82) is 0 Å². The molecule has 0 unspecified atom stereocenters. The first kappa shape index (κ1) is 16.8. The molecule has 5 nitrogen and oxygen atoms in total. The third-order valence-corrected chi connectivity index (χ3v) is 4.83. The van der Waals surface area contributed by atoms with Crippen LogP contribution in [0.5, 0.6) is 5.75 Å². The van der Waals surface area contributed by atoms with Crippen molar-refractivity contribution in [1.82, 2.24) is 10.2 Å². The minimum Gasteiger partial charge on any atom is -0.491 e. The van der Waals surface area contributed by atoms with Crippen molar-refractivity contribution in [2.75, 3.05) is 33.4 Å². The highest BCUT2D eigenvalue weighted by atomic mass is 16.5. The Labute approximate surface area is 143 Å². The van der Waals surface area contributed by atoms with Crippen molar-refractivity contribution in [3.05, 3.63) is 42.0 Å². The predicted octanol–water partition coefficient (Wildman–Crippen LogP) is 2.82. The van der Waals surface area contributed by atoms with E-state index >= 15 is 0 Å². The molecule has 0 spiro atoms. The first-order valence-corrected chi connectivity index (χ1v) is 8.64. The van der Waals surface area contributed by atoms with Crippen molar-refractivity contribution in [3.8, 4) is 5.75 Å². The van der Waals surface area contributed by atoms with Gasteiger partial charge < -0.3 is 19.7 Å². The second kappa shape index (κ2) is 8.20. The molecule has 0 saturated carbocycles. The van der Waals surface area contributed by atoms with E-state index in [1.165, 1.54) is 0 Å². The lowest BCUT2D eigenvalue weighted by atomic mass is 9.86. The van der Waals surface area contributed by atoms with Gasteiger partial charge in [-0.25, -0.2) is 4.79 Å². The van der Waals surface area contributed by atoms with E-state index in [0.717, 1.165) is 37.2 Å². The maximum Gasteiger partial charge on any atom is 0.317 e. The summed E-state index contributed by atoms with van der Waals surface area (Å²) < 4.78 is 10.5. The Balaban J connectivity index is 1.43. The van der Waals surface area contributed by atoms with E-state index in [4.69, 9.17) is 9.47 Å². The van der Waals surface area contributed by atoms with Gasteiger partial charge in [-0.15, -0.1) is 0 Å². The molecule has 5 heteroatoms. The van der Waals surface area contributed by atoms with Gasteiger partial charge in [0.1, 0.15) is 12.4 Å². The van der Waals surface area contributed by atoms with Crippen LogP contribution in [-0.2, 0) is 11.3 Å². The Bertz CT molecular complexity index is 554. The van der Waals surface area contributed by atoms with Crippen LogP contribution in [0.1, 0.15) is 18.4 Å². The summed E-state index contributed by atoms with van der Waals surface area (Å²) in [6, 6.07) is 7.86. The van der Waals surface area contributed by atoms with Crippen molar-refractivity contribution in [2.45, 2.75) is 19.4 Å². The zero-order chi connectivity index (χ0) is 16.8. The molecule has 130 valence electrons. The van der Waals surface area contributed by atoms with Gasteiger partial charge in [0.2, 0.25) is 0 Å². The zero-order valence-corrected chi connectivity index (χ0v) is 14.2. The molecule has 1 aliphatic heterocycles. The van der Waals surface area contributed by atoms with Gasteiger partial charge >= 0.3 is 6.03 Å². The van der Waals surface area contributed by atoms with Crippen LogP contribution >= 0.6 is 0 Å². The van der Waals surface area contributed by atoms with Crippen LogP contribution in [0.25, 0.3) is 0 Å². The third kappa shape index (κ3) is 4.29. The number of fused-ring (bicyclic) bond motifs is 1. The van der Waals surface area contributed by atoms with Crippen LogP contribution in [0.2, 0.25) is 0 Å². The number of rotatable bonds is 6. The number of allylic oxidation sites excluding steroid dienone is 2. The molecule has 24 heavy (non-hydrogen) atoms. The Hall–Kier alpha value is -2.01. The van der Waals surface area contributed by atoms with Gasteiger partial charge in [0, 0.05) is 26.7 Å². The quantitative estimate of drug-likeness (QED) is 0.644. The van der Waals surface area contributed by atoms with Gasteiger partial charge in [-0.1, -0.05) is 24.3 Å². The van der Waals surface area contributed by atoms with Crippen LogP contribution in [0.4, 0.5) is 4.79 Å². The molecule has 2 atom stereocenters. The van der Waals surface area contributed by atoms with Gasteiger partial charge in [0.05, 0.1) is 6.61 Å². The Morgan fingerprint density at radius 3 is 2.42 bits per heavy atom. The highest BCUT2D eigenvalue weighted by molar-refractivity contribution is 5.74. The van der Waals surface area contributed by atoms with Gasteiger partial charge in [-0.05, 0) is 42.4 Å². The van der Waals surface area contributed by atoms with Crippen molar-refractivity contribution < 1.29 is 14.3 Å². The summed E-state index contributed by atoms with van der Waals surface area (Å²) in [6.45, 7) is 3.42. The molecular formula is C19H26N2O3. The Kier molecular flexibility index (Phi) is 5.75. The number of hydrogen-bond donors (Lipinski definition) is 1. The molecule has 1 aromatic carbocycles. The number of nitrogens with one attached hydrogen (secondary N) is 1. The minimum atomic E-state index is 0.0461. The van der Waals surface area contributed by atoms with E-state index in [9.17, 15) is 4.79 Å². The van der Waals surface area contributed by atoms with Crippen LogP contribution in [0, 0.1) is 11.8 Å². The average Bonchev–Trinajstić information content (AvgIpc) is 3.05. The van der Waals surface area contributed by atoms with Gasteiger partial charge in [-0.2, -0.15) is 0 Å². The molecule has 1 aliphatic carbocycles. The van der Waals surface area contributed by atoms with E-state index < -0.39 is 0 Å². The number of amides is 2. The van der Waals surface area contributed by atoms with Crippen molar-refractivity contribution in [3.63, 3.8) is 0 Å². The largest absolute Gasteiger partial charge is 0.491 e. The fourth-order valence-electron chi connectivity index (χ4n) is 3.42. The van der Waals surface area contributed by atoms with Crippen LogP contribution in [-0.4, -0.2) is 44.3 Å². The molecule has 0 bridgehead atoms. The number of ether oxygens (including phenoxy) is 2. The number of hydrogen-bond acceptors (Lipinski definition) is 3. The predicted molar refractivity (Wildman–Crippen MR) is 93.0 cm³/mol. The maximum atomic E-state index is 12.4. The Morgan fingerprint density at radius 2 is 1.79 bits per heavy atom. The summed E-state index contributed by atoms with van der Waals surface area (Å²) in [7, 11) is 1.65. The zero-order valence-electron chi connectivity index (χ0n) is 14.2. The van der Waals surface area contributed by atoms with Gasteiger partial charge in [0.25, 0.3) is 0 Å². The fourth-order valence-corrected chi connectivity index (χ4v) is 3.42. The molecule has 1 saturated heterocycles. The maximum absolute atomic E-state index is 12.4. The van der Waals surface area contributed by atoms with E-state index in [2.05, 4.69) is 17.5 Å². The minimum absolute atomic E-state index is 0.0461. The monoisotopic (exact) mass is 330 g/mol. The molecule has 0 radical (unpaired) electrons. The molecule has 1 N–H and O–H groups in total. The number of carbonyl (C=O) groups is 1. The molecule has 1 fully saturated rings. The summed E-state index contributed by atoms with van der Waals surface area (Å²) in [5.41, 5.74) is 1.07. The van der Waals surface area contributed by atoms with E-state index in [0.29, 0.717) is 31.6 Å². The third-order valence-electron chi connectivity index (χ3n) is 4.83. The fraction of sp³-hybridized carbons (Fsp3) is 0.526. The van der Waals surface area contributed by atoms with Crippen molar-refractivity contribution in [2.24, 2.45) is 11.8 Å². The summed E-state index contributed by atoms with van der Waals surface area (Å²) in [4.78, 5) is 14.3. The van der Waals surface area contributed by atoms with Crippen LogP contribution in [0.15, 0.2) is 36.4 Å². The second-order valence-electron chi connectivity index (χ2n) is 6.51. The molecular weight excluding hydrogens is 304 g/mol. The van der Waals surface area contributed by atoms with E-state index in [-0.39, 0.29) is 6.03 Å². The van der Waals surface area contributed by atoms with Crippen LogP contribution in [0.3, 0.4) is 0 Å². The standard InChI is InChI=1S/C19H26N2O3/c1-23-10-11-24-18-8-6-15(7-9-18)12-20-19(22)21-13-16-4-2-3-5-17(16)14-21/h2-3,6-9,16-17H,4-5,10-14H2,1H3,(H,20,22)/t16-,17+. The summed E-state index contributed by atoms with van der Waals surface area (Å²) in [5.74, 6) is 2.10. The number of urea groups is 1. The normalized spacial score (nSPS) is 22.3. The number of carbonyl (C=O) groups excluding carboxylic acids is 1. The number of nitrogens with zero attached hydrogens (tertiary/aromatic N) is 1. The highest BCUT2D eigenvalue weighted by Gasteiger charge is 2.34. The molecule has 1 heterocycles. The number of benzene rings is 1. The lowest BCUT2D eigenvalue weighted by Crippen LogP contribution is -2.38. The van der Waals surface area contributed by atoms with Gasteiger partial charge in [-0.3, -0.25) is 0 Å². The van der Waals surface area contributed by atoms with E-state index in [1.54, 1.807) is 7.11 Å². The topological polar surface area (TPSA) is 50.8 Å². The number of methoxy groups -OCH3 is 1. The average molecular weight is 330 g/mol. The summed E-state index contributed by atoms with van der Waals surface area (Å²) in [6.07, 6.45) is 6.72. The first-order chi connectivity index (χ1) is 11.8. The first-order valence-electron chi connectivity index (χ1n) is 8.64. The van der Waals surface area contributed by atoms with Crippen LogP contribution < -0.4 is 10.1 Å².